The molecule has 3 nitrogen and oxygen atoms in total. The molecule has 0 radical (unpaired) electrons. The summed E-state index contributed by atoms with van der Waals surface area (Å²) < 4.78 is 39.7. The number of nitrogens with one attached hydrogen (secondary N) is 1. The van der Waals surface area contributed by atoms with Crippen LogP contribution in [0.4, 0.5) is 13.2 Å². The first kappa shape index (κ1) is 16.3. The van der Waals surface area contributed by atoms with Gasteiger partial charge in [-0.15, -0.1) is 0 Å². The van der Waals surface area contributed by atoms with E-state index in [0.717, 1.165) is 0 Å². The third-order valence-corrected chi connectivity index (χ3v) is 3.30. The summed E-state index contributed by atoms with van der Waals surface area (Å²) in [6, 6.07) is 7.23. The van der Waals surface area contributed by atoms with Gasteiger partial charge in [0.15, 0.2) is 0 Å². The molecule has 0 aliphatic heterocycles. The number of aliphatic hydroxyl groups is 1. The van der Waals surface area contributed by atoms with Gasteiger partial charge in [-0.1, -0.05) is 29.8 Å². The van der Waals surface area contributed by atoms with Gasteiger partial charge < -0.3 is 10.4 Å². The SMILES string of the molecule is O=C(NCC(O)c1ccccc1Cl)c1c(F)cc(F)cc1F. The average Bonchev–Trinajstić information content (AvgIpc) is 2.44. The minimum atomic E-state index is -1.32. The molecule has 2 rings (SSSR count). The molecule has 0 bridgehead atoms. The van der Waals surface area contributed by atoms with Crippen LogP contribution in [0, 0.1) is 17.5 Å². The summed E-state index contributed by atoms with van der Waals surface area (Å²) >= 11 is 5.88. The monoisotopic (exact) mass is 329 g/mol. The maximum Gasteiger partial charge on any atom is 0.257 e. The number of halogens is 4. The Kier molecular flexibility index (Phi) is 5.05. The number of hydrogen-bond acceptors (Lipinski definition) is 2. The minimum Gasteiger partial charge on any atom is -0.387 e. The van der Waals surface area contributed by atoms with Crippen molar-refractivity contribution in [2.75, 3.05) is 6.54 Å². The lowest BCUT2D eigenvalue weighted by Crippen LogP contribution is -2.30. The Hall–Kier alpha value is -2.05. The maximum atomic E-state index is 13.4. The fraction of sp³-hybridized carbons (Fsp3) is 0.133. The van der Waals surface area contributed by atoms with Gasteiger partial charge in [-0.25, -0.2) is 13.2 Å². The van der Waals surface area contributed by atoms with Crippen molar-refractivity contribution >= 4 is 17.5 Å². The van der Waals surface area contributed by atoms with Gasteiger partial charge >= 0.3 is 0 Å². The predicted molar refractivity (Wildman–Crippen MR) is 75.1 cm³/mol. The number of rotatable bonds is 4. The molecule has 116 valence electrons. The van der Waals surface area contributed by atoms with E-state index in [1.165, 1.54) is 0 Å². The van der Waals surface area contributed by atoms with Crippen LogP contribution in [0.3, 0.4) is 0 Å². The number of benzene rings is 2. The van der Waals surface area contributed by atoms with E-state index in [2.05, 4.69) is 5.32 Å². The first-order valence-electron chi connectivity index (χ1n) is 6.25. The highest BCUT2D eigenvalue weighted by Crippen LogP contribution is 2.22. The Labute approximate surface area is 129 Å². The number of hydrogen-bond donors (Lipinski definition) is 2. The third-order valence-electron chi connectivity index (χ3n) is 2.95. The molecule has 0 spiro atoms. The van der Waals surface area contributed by atoms with Gasteiger partial charge in [0, 0.05) is 29.3 Å². The van der Waals surface area contributed by atoms with Gasteiger partial charge in [0.2, 0.25) is 0 Å². The van der Waals surface area contributed by atoms with Crippen molar-refractivity contribution in [1.29, 1.82) is 0 Å². The second-order valence-electron chi connectivity index (χ2n) is 4.49. The smallest absolute Gasteiger partial charge is 0.257 e. The molecule has 1 amide bonds. The van der Waals surface area contributed by atoms with Gasteiger partial charge in [-0.3, -0.25) is 4.79 Å². The highest BCUT2D eigenvalue weighted by atomic mass is 35.5. The summed E-state index contributed by atoms with van der Waals surface area (Å²) in [6.45, 7) is -0.307. The molecule has 1 unspecified atom stereocenters. The van der Waals surface area contributed by atoms with Crippen LogP contribution >= 0.6 is 11.6 Å². The summed E-state index contributed by atoms with van der Waals surface area (Å²) in [5, 5.41) is 12.4. The molecule has 2 aromatic carbocycles. The normalized spacial score (nSPS) is 12.0. The van der Waals surface area contributed by atoms with E-state index in [1.807, 2.05) is 0 Å². The molecule has 2 N–H and O–H groups in total. The largest absolute Gasteiger partial charge is 0.387 e. The number of aliphatic hydroxyl groups excluding tert-OH is 1. The highest BCUT2D eigenvalue weighted by Gasteiger charge is 2.20. The molecule has 0 heterocycles. The molecule has 7 heteroatoms. The Morgan fingerprint density at radius 2 is 1.77 bits per heavy atom. The van der Waals surface area contributed by atoms with E-state index in [1.54, 1.807) is 24.3 Å². The highest BCUT2D eigenvalue weighted by molar-refractivity contribution is 6.31. The van der Waals surface area contributed by atoms with Gasteiger partial charge in [0.25, 0.3) is 5.91 Å². The molecule has 0 aliphatic rings. The molecular weight excluding hydrogens is 319 g/mol. The topological polar surface area (TPSA) is 49.3 Å². The van der Waals surface area contributed by atoms with Crippen LogP contribution in [0.15, 0.2) is 36.4 Å². The number of carbonyl (C=O) groups excluding carboxylic acids is 1. The molecule has 0 fully saturated rings. The lowest BCUT2D eigenvalue weighted by molar-refractivity contribution is 0.0907. The van der Waals surface area contributed by atoms with Crippen LogP contribution in [0.2, 0.25) is 5.02 Å². The summed E-state index contributed by atoms with van der Waals surface area (Å²) in [5.41, 5.74) is -0.544. The molecule has 1 atom stereocenters. The maximum absolute atomic E-state index is 13.4. The van der Waals surface area contributed by atoms with Crippen molar-refractivity contribution in [1.82, 2.24) is 5.32 Å². The first-order valence-corrected chi connectivity index (χ1v) is 6.63. The van der Waals surface area contributed by atoms with Crippen LogP contribution in [-0.4, -0.2) is 17.6 Å². The summed E-state index contributed by atoms with van der Waals surface area (Å²) in [4.78, 5) is 11.8. The van der Waals surface area contributed by atoms with E-state index < -0.39 is 35.0 Å². The average molecular weight is 330 g/mol. The number of carbonyl (C=O) groups is 1. The zero-order valence-electron chi connectivity index (χ0n) is 11.1. The van der Waals surface area contributed by atoms with Gasteiger partial charge in [0.05, 0.1) is 6.10 Å². The predicted octanol–water partition coefficient (Wildman–Crippen LogP) is 3.22. The summed E-state index contributed by atoms with van der Waals surface area (Å²) in [7, 11) is 0. The van der Waals surface area contributed by atoms with Crippen LogP contribution in [0.5, 0.6) is 0 Å². The fourth-order valence-corrected chi connectivity index (χ4v) is 2.15. The van der Waals surface area contributed by atoms with Gasteiger partial charge in [0.1, 0.15) is 23.0 Å². The van der Waals surface area contributed by atoms with Crippen molar-refractivity contribution < 1.29 is 23.1 Å². The molecule has 2 aromatic rings. The van der Waals surface area contributed by atoms with Gasteiger partial charge in [-0.05, 0) is 6.07 Å². The summed E-state index contributed by atoms with van der Waals surface area (Å²) in [5.74, 6) is -4.85. The lowest BCUT2D eigenvalue weighted by Gasteiger charge is -2.14. The van der Waals surface area contributed by atoms with Crippen molar-refractivity contribution in [2.45, 2.75) is 6.10 Å². The molecule has 0 aromatic heterocycles. The molecule has 22 heavy (non-hydrogen) atoms. The van der Waals surface area contributed by atoms with Crippen molar-refractivity contribution in [2.24, 2.45) is 0 Å². The van der Waals surface area contributed by atoms with Crippen molar-refractivity contribution in [3.8, 4) is 0 Å². The second-order valence-corrected chi connectivity index (χ2v) is 4.90. The van der Waals surface area contributed by atoms with E-state index in [4.69, 9.17) is 11.6 Å². The third kappa shape index (κ3) is 3.58. The number of amides is 1. The Morgan fingerprint density at radius 3 is 2.36 bits per heavy atom. The quantitative estimate of drug-likeness (QED) is 0.905. The van der Waals surface area contributed by atoms with Crippen molar-refractivity contribution in [3.63, 3.8) is 0 Å². The second kappa shape index (κ2) is 6.81. The van der Waals surface area contributed by atoms with Crippen LogP contribution in [0.1, 0.15) is 22.0 Å². The fourth-order valence-electron chi connectivity index (χ4n) is 1.89. The first-order chi connectivity index (χ1) is 10.4. The van der Waals surface area contributed by atoms with E-state index >= 15 is 0 Å². The minimum absolute atomic E-state index is 0.295. The molecule has 0 saturated heterocycles. The Bertz CT molecular complexity index is 686. The van der Waals surface area contributed by atoms with Gasteiger partial charge in [-0.2, -0.15) is 0 Å². The molecule has 0 aliphatic carbocycles. The standard InChI is InChI=1S/C15H11ClF3NO2/c16-10-4-2-1-3-9(10)13(21)7-20-15(22)14-11(18)5-8(17)6-12(14)19/h1-6,13,21H,7H2,(H,20,22). The van der Waals surface area contributed by atoms with E-state index in [9.17, 15) is 23.1 Å². The van der Waals surface area contributed by atoms with Crippen LogP contribution < -0.4 is 5.32 Å². The van der Waals surface area contributed by atoms with E-state index in [-0.39, 0.29) is 6.54 Å². The summed E-state index contributed by atoms with van der Waals surface area (Å²) in [6.07, 6.45) is -1.15. The van der Waals surface area contributed by atoms with Crippen LogP contribution in [0.25, 0.3) is 0 Å². The Morgan fingerprint density at radius 1 is 1.18 bits per heavy atom. The zero-order chi connectivity index (χ0) is 16.3. The molecule has 0 saturated carbocycles. The lowest BCUT2D eigenvalue weighted by atomic mass is 10.1. The Balaban J connectivity index is 2.09. The molecular formula is C15H11ClF3NO2. The van der Waals surface area contributed by atoms with Crippen molar-refractivity contribution in [3.05, 3.63) is 70.0 Å². The zero-order valence-corrected chi connectivity index (χ0v) is 11.9. The van der Waals surface area contributed by atoms with Crippen LogP contribution in [-0.2, 0) is 0 Å². The van der Waals surface area contributed by atoms with E-state index in [0.29, 0.717) is 22.7 Å².